The second kappa shape index (κ2) is 8.57. The molecule has 0 saturated carbocycles. The van der Waals surface area contributed by atoms with Crippen molar-refractivity contribution in [3.63, 3.8) is 0 Å². The number of benzene rings is 1. The highest BCUT2D eigenvalue weighted by molar-refractivity contribution is 7.12. The van der Waals surface area contributed by atoms with Crippen LogP contribution in [0.15, 0.2) is 65.0 Å². The molecule has 0 aliphatic rings. The maximum Gasteiger partial charge on any atom is 0.272 e. The van der Waals surface area contributed by atoms with E-state index in [1.165, 1.54) is 29.6 Å². The van der Waals surface area contributed by atoms with Crippen LogP contribution in [-0.2, 0) is 4.79 Å². The van der Waals surface area contributed by atoms with Gasteiger partial charge < -0.3 is 10.6 Å². The average Bonchev–Trinajstić information content (AvgIpc) is 3.35. The Morgan fingerprint density at radius 2 is 1.74 bits per heavy atom. The summed E-state index contributed by atoms with van der Waals surface area (Å²) in [6.45, 7) is 1.46. The normalized spacial score (nSPS) is 11.1. The van der Waals surface area contributed by atoms with E-state index in [-0.39, 0.29) is 17.4 Å². The van der Waals surface area contributed by atoms with Crippen molar-refractivity contribution < 1.29 is 14.4 Å². The standard InChI is InChI=1S/C20H16N2O3S2/c1-13(23)14-5-2-6-15(11-14)21-19(24)17(12-16-7-3-9-26-16)22-20(25)18-8-4-10-27-18/h2-12H,1H3,(H,21,24)(H,22,25)/b17-12+. The lowest BCUT2D eigenvalue weighted by molar-refractivity contribution is -0.113. The van der Waals surface area contributed by atoms with Crippen LogP contribution < -0.4 is 10.6 Å². The van der Waals surface area contributed by atoms with Crippen LogP contribution in [0.5, 0.6) is 0 Å². The largest absolute Gasteiger partial charge is 0.321 e. The van der Waals surface area contributed by atoms with Gasteiger partial charge in [0.05, 0.1) is 4.88 Å². The molecular weight excluding hydrogens is 380 g/mol. The first kappa shape index (κ1) is 18.8. The molecule has 0 atom stereocenters. The molecule has 7 heteroatoms. The van der Waals surface area contributed by atoms with Gasteiger partial charge in [0, 0.05) is 16.1 Å². The van der Waals surface area contributed by atoms with Crippen LogP contribution in [0.3, 0.4) is 0 Å². The average molecular weight is 396 g/mol. The molecule has 0 aliphatic heterocycles. The van der Waals surface area contributed by atoms with E-state index in [0.717, 1.165) is 4.88 Å². The van der Waals surface area contributed by atoms with E-state index in [4.69, 9.17) is 0 Å². The molecule has 1 aromatic carbocycles. The highest BCUT2D eigenvalue weighted by Gasteiger charge is 2.16. The van der Waals surface area contributed by atoms with E-state index in [0.29, 0.717) is 16.1 Å². The second-order valence-corrected chi connectivity index (χ2v) is 7.52. The first-order valence-electron chi connectivity index (χ1n) is 8.05. The van der Waals surface area contributed by atoms with Crippen LogP contribution in [0.1, 0.15) is 31.8 Å². The van der Waals surface area contributed by atoms with Crippen LogP contribution in [0.2, 0.25) is 0 Å². The minimum atomic E-state index is -0.464. The Morgan fingerprint density at radius 3 is 2.41 bits per heavy atom. The summed E-state index contributed by atoms with van der Waals surface area (Å²) >= 11 is 2.75. The van der Waals surface area contributed by atoms with Crippen molar-refractivity contribution in [2.24, 2.45) is 0 Å². The molecule has 0 saturated heterocycles. The molecule has 2 N–H and O–H groups in total. The molecular formula is C20H16N2O3S2. The number of anilines is 1. The SMILES string of the molecule is CC(=O)c1cccc(NC(=O)/C(=C\c2cccs2)NC(=O)c2cccs2)c1. The van der Waals surface area contributed by atoms with E-state index in [2.05, 4.69) is 10.6 Å². The lowest BCUT2D eigenvalue weighted by Crippen LogP contribution is -2.30. The first-order chi connectivity index (χ1) is 13.0. The molecule has 0 spiro atoms. The Hall–Kier alpha value is -3.03. The van der Waals surface area contributed by atoms with Crippen molar-refractivity contribution in [2.45, 2.75) is 6.92 Å². The molecule has 3 aromatic rings. The number of amides is 2. The molecule has 0 aliphatic carbocycles. The Balaban J connectivity index is 1.83. The predicted molar refractivity (Wildman–Crippen MR) is 109 cm³/mol. The highest BCUT2D eigenvalue weighted by atomic mass is 32.1. The van der Waals surface area contributed by atoms with Crippen LogP contribution in [0, 0.1) is 0 Å². The third-order valence-electron chi connectivity index (χ3n) is 3.59. The van der Waals surface area contributed by atoms with Gasteiger partial charge in [0.2, 0.25) is 0 Å². The van der Waals surface area contributed by atoms with Crippen LogP contribution in [-0.4, -0.2) is 17.6 Å². The number of carbonyl (C=O) groups excluding carboxylic acids is 3. The molecule has 0 bridgehead atoms. The van der Waals surface area contributed by atoms with E-state index in [1.54, 1.807) is 47.9 Å². The zero-order chi connectivity index (χ0) is 19.2. The number of Topliss-reactive ketones (excluding diaryl/α,β-unsaturated/α-hetero) is 1. The number of thiophene rings is 2. The number of nitrogens with one attached hydrogen (secondary N) is 2. The number of carbonyl (C=O) groups is 3. The summed E-state index contributed by atoms with van der Waals surface area (Å²) in [5, 5.41) is 9.09. The fourth-order valence-corrected chi connectivity index (χ4v) is 3.56. The van der Waals surface area contributed by atoms with Gasteiger partial charge in [0.1, 0.15) is 5.70 Å². The summed E-state index contributed by atoms with van der Waals surface area (Å²) in [5.74, 6) is -0.902. The van der Waals surface area contributed by atoms with Gasteiger partial charge >= 0.3 is 0 Å². The van der Waals surface area contributed by atoms with Crippen molar-refractivity contribution in [2.75, 3.05) is 5.32 Å². The van der Waals surface area contributed by atoms with E-state index >= 15 is 0 Å². The van der Waals surface area contributed by atoms with Gasteiger partial charge in [-0.05, 0) is 48.0 Å². The Labute approximate surface area is 164 Å². The minimum absolute atomic E-state index is 0.0913. The molecule has 5 nitrogen and oxygen atoms in total. The Morgan fingerprint density at radius 1 is 0.963 bits per heavy atom. The van der Waals surface area contributed by atoms with Crippen molar-refractivity contribution in [3.05, 3.63) is 80.3 Å². The number of hydrogen-bond donors (Lipinski definition) is 2. The highest BCUT2D eigenvalue weighted by Crippen LogP contribution is 2.17. The molecule has 0 fully saturated rings. The Kier molecular flexibility index (Phi) is 5.95. The summed E-state index contributed by atoms with van der Waals surface area (Å²) in [7, 11) is 0. The van der Waals surface area contributed by atoms with Crippen LogP contribution in [0.25, 0.3) is 6.08 Å². The lowest BCUT2D eigenvalue weighted by atomic mass is 10.1. The van der Waals surface area contributed by atoms with Gasteiger partial charge in [0.15, 0.2) is 5.78 Å². The summed E-state index contributed by atoms with van der Waals surface area (Å²) in [6, 6.07) is 13.8. The summed E-state index contributed by atoms with van der Waals surface area (Å²) in [4.78, 5) is 38.0. The second-order valence-electron chi connectivity index (χ2n) is 5.60. The minimum Gasteiger partial charge on any atom is -0.321 e. The molecule has 0 radical (unpaired) electrons. The van der Waals surface area contributed by atoms with Crippen molar-refractivity contribution in [1.29, 1.82) is 0 Å². The fourth-order valence-electron chi connectivity index (χ4n) is 2.28. The van der Waals surface area contributed by atoms with Gasteiger partial charge in [-0.3, -0.25) is 14.4 Å². The number of ketones is 1. The summed E-state index contributed by atoms with van der Waals surface area (Å²) < 4.78 is 0. The topological polar surface area (TPSA) is 75.3 Å². The Bertz CT molecular complexity index is 990. The third kappa shape index (κ3) is 4.99. The van der Waals surface area contributed by atoms with Crippen molar-refractivity contribution in [1.82, 2.24) is 5.32 Å². The first-order valence-corrected chi connectivity index (χ1v) is 9.81. The number of rotatable bonds is 6. The van der Waals surface area contributed by atoms with Gasteiger partial charge in [-0.15, -0.1) is 22.7 Å². The third-order valence-corrected chi connectivity index (χ3v) is 5.28. The monoisotopic (exact) mass is 396 g/mol. The van der Waals surface area contributed by atoms with E-state index in [1.807, 2.05) is 17.5 Å². The zero-order valence-electron chi connectivity index (χ0n) is 14.4. The molecule has 136 valence electrons. The molecule has 2 amide bonds. The van der Waals surface area contributed by atoms with Crippen molar-refractivity contribution in [3.8, 4) is 0 Å². The molecule has 2 aromatic heterocycles. The lowest BCUT2D eigenvalue weighted by Gasteiger charge is -2.11. The molecule has 0 unspecified atom stereocenters. The maximum absolute atomic E-state index is 12.8. The maximum atomic E-state index is 12.8. The van der Waals surface area contributed by atoms with Gasteiger partial charge in [-0.25, -0.2) is 0 Å². The van der Waals surface area contributed by atoms with Gasteiger partial charge in [-0.2, -0.15) is 0 Å². The summed E-state index contributed by atoms with van der Waals surface area (Å²) in [5.41, 5.74) is 1.11. The van der Waals surface area contributed by atoms with Crippen LogP contribution in [0.4, 0.5) is 5.69 Å². The zero-order valence-corrected chi connectivity index (χ0v) is 16.0. The molecule has 2 heterocycles. The van der Waals surface area contributed by atoms with Crippen molar-refractivity contribution >= 4 is 52.0 Å². The smallest absolute Gasteiger partial charge is 0.272 e. The molecule has 27 heavy (non-hydrogen) atoms. The van der Waals surface area contributed by atoms with E-state index in [9.17, 15) is 14.4 Å². The predicted octanol–water partition coefficient (Wildman–Crippen LogP) is 4.42. The van der Waals surface area contributed by atoms with E-state index < -0.39 is 5.91 Å². The van der Waals surface area contributed by atoms with Gasteiger partial charge in [0.25, 0.3) is 11.8 Å². The molecule has 3 rings (SSSR count). The van der Waals surface area contributed by atoms with Gasteiger partial charge in [-0.1, -0.05) is 24.3 Å². The fraction of sp³-hybridized carbons (Fsp3) is 0.0500. The number of hydrogen-bond acceptors (Lipinski definition) is 5. The summed E-state index contributed by atoms with van der Waals surface area (Å²) in [6.07, 6.45) is 1.63. The van der Waals surface area contributed by atoms with Crippen LogP contribution >= 0.6 is 22.7 Å². The quantitative estimate of drug-likeness (QED) is 0.478.